The summed E-state index contributed by atoms with van der Waals surface area (Å²) in [6, 6.07) is 8.15. The van der Waals surface area contributed by atoms with Crippen LogP contribution in [0, 0.1) is 6.92 Å². The summed E-state index contributed by atoms with van der Waals surface area (Å²) in [6.07, 6.45) is -0.622. The number of carbonyl (C=O) groups is 2. The van der Waals surface area contributed by atoms with Gasteiger partial charge in [-0.05, 0) is 44.2 Å². The Bertz CT molecular complexity index is 1070. The molecule has 154 valence electrons. The number of nitrogens with one attached hydrogen (secondary N) is 1. The van der Waals surface area contributed by atoms with E-state index in [-0.39, 0.29) is 29.8 Å². The van der Waals surface area contributed by atoms with Gasteiger partial charge >= 0.3 is 0 Å². The molecule has 2 aromatic rings. The second kappa shape index (κ2) is 7.43. The molecule has 0 unspecified atom stereocenters. The number of hydrogen-bond acceptors (Lipinski definition) is 6. The van der Waals surface area contributed by atoms with E-state index in [4.69, 9.17) is 4.74 Å². The number of benzene rings is 1. The van der Waals surface area contributed by atoms with E-state index in [1.54, 1.807) is 24.0 Å². The largest absolute Gasteiger partial charge is 0.479 e. The Morgan fingerprint density at radius 3 is 2.55 bits per heavy atom. The molecule has 29 heavy (non-hydrogen) atoms. The number of thiophene rings is 1. The molecule has 0 radical (unpaired) electrons. The normalized spacial score (nSPS) is 20.0. The van der Waals surface area contributed by atoms with Crippen LogP contribution < -0.4 is 10.1 Å². The molecule has 8 nitrogen and oxygen atoms in total. The van der Waals surface area contributed by atoms with E-state index in [1.165, 1.54) is 27.8 Å². The lowest BCUT2D eigenvalue weighted by molar-refractivity contribution is -0.122. The van der Waals surface area contributed by atoms with Gasteiger partial charge in [0, 0.05) is 31.1 Å². The number of ether oxygens (including phenoxy) is 1. The van der Waals surface area contributed by atoms with Crippen LogP contribution in [0.5, 0.6) is 5.75 Å². The molecular weight excluding hydrogens is 414 g/mol. The first-order valence-corrected chi connectivity index (χ1v) is 11.5. The van der Waals surface area contributed by atoms with Crippen LogP contribution in [0.4, 0.5) is 5.69 Å². The molecule has 1 saturated heterocycles. The Morgan fingerprint density at radius 1 is 1.17 bits per heavy atom. The Balaban J connectivity index is 1.47. The molecule has 3 heterocycles. The highest BCUT2D eigenvalue weighted by molar-refractivity contribution is 7.89. The van der Waals surface area contributed by atoms with Crippen molar-refractivity contribution >= 4 is 38.9 Å². The maximum atomic E-state index is 13.0. The lowest BCUT2D eigenvalue weighted by Gasteiger charge is -2.34. The summed E-state index contributed by atoms with van der Waals surface area (Å²) in [5.41, 5.74) is 0.344. The maximum Gasteiger partial charge on any atom is 0.265 e. The van der Waals surface area contributed by atoms with Crippen LogP contribution in [-0.4, -0.2) is 61.7 Å². The van der Waals surface area contributed by atoms with Gasteiger partial charge in [-0.1, -0.05) is 0 Å². The summed E-state index contributed by atoms with van der Waals surface area (Å²) in [5, 5.41) is 2.67. The molecule has 0 aliphatic carbocycles. The van der Waals surface area contributed by atoms with Crippen LogP contribution in [-0.2, 0) is 14.8 Å². The lowest BCUT2D eigenvalue weighted by Crippen LogP contribution is -2.50. The summed E-state index contributed by atoms with van der Waals surface area (Å²) in [6.45, 7) is 4.67. The highest BCUT2D eigenvalue weighted by Crippen LogP contribution is 2.33. The molecule has 0 bridgehead atoms. The number of piperazine rings is 1. The molecule has 0 spiro atoms. The van der Waals surface area contributed by atoms with E-state index in [9.17, 15) is 18.0 Å². The van der Waals surface area contributed by atoms with Crippen LogP contribution in [0.2, 0.25) is 0 Å². The minimum Gasteiger partial charge on any atom is -0.479 e. The number of aryl methyl sites for hydroxylation is 1. The molecular formula is C19H21N3O5S2. The van der Waals surface area contributed by atoms with Gasteiger partial charge in [-0.15, -0.1) is 11.3 Å². The highest BCUT2D eigenvalue weighted by Gasteiger charge is 2.32. The molecule has 2 aliphatic heterocycles. The van der Waals surface area contributed by atoms with E-state index in [2.05, 4.69) is 5.32 Å². The quantitative estimate of drug-likeness (QED) is 0.795. The van der Waals surface area contributed by atoms with Crippen LogP contribution in [0.25, 0.3) is 0 Å². The first kappa shape index (κ1) is 19.9. The van der Waals surface area contributed by atoms with Gasteiger partial charge in [0.15, 0.2) is 6.10 Å². The molecule has 1 fully saturated rings. The molecule has 0 saturated carbocycles. The Labute approximate surface area is 173 Å². The van der Waals surface area contributed by atoms with E-state index in [0.29, 0.717) is 29.4 Å². The molecule has 1 atom stereocenters. The average Bonchev–Trinajstić information content (AvgIpc) is 3.14. The van der Waals surface area contributed by atoms with Gasteiger partial charge in [0.25, 0.3) is 11.8 Å². The van der Waals surface area contributed by atoms with Crippen LogP contribution in [0.1, 0.15) is 21.5 Å². The third kappa shape index (κ3) is 3.75. The van der Waals surface area contributed by atoms with E-state index in [0.717, 1.165) is 4.88 Å². The average molecular weight is 436 g/mol. The van der Waals surface area contributed by atoms with Gasteiger partial charge in [0.2, 0.25) is 10.0 Å². The van der Waals surface area contributed by atoms with Crippen molar-refractivity contribution in [2.75, 3.05) is 31.5 Å². The van der Waals surface area contributed by atoms with Gasteiger partial charge in [0.1, 0.15) is 5.75 Å². The molecule has 1 aromatic carbocycles. The van der Waals surface area contributed by atoms with Crippen molar-refractivity contribution in [3.63, 3.8) is 0 Å². The lowest BCUT2D eigenvalue weighted by atomic mass is 10.2. The molecule has 2 aliphatic rings. The molecule has 1 N–H and O–H groups in total. The Kier molecular flexibility index (Phi) is 5.09. The SMILES string of the molecule is Cc1ccc(C(=O)N2CCN(S(=O)(=O)c3ccc4c(c3)NC(=O)[C@@H](C)O4)CC2)s1. The number of nitrogens with zero attached hydrogens (tertiary/aromatic N) is 2. The van der Waals surface area contributed by atoms with Gasteiger partial charge in [-0.25, -0.2) is 8.42 Å². The monoisotopic (exact) mass is 435 g/mol. The number of sulfonamides is 1. The second-order valence-electron chi connectivity index (χ2n) is 7.01. The van der Waals surface area contributed by atoms with Gasteiger partial charge in [-0.2, -0.15) is 4.31 Å². The first-order chi connectivity index (χ1) is 13.8. The topological polar surface area (TPSA) is 96.0 Å². The van der Waals surface area contributed by atoms with E-state index in [1.807, 2.05) is 13.0 Å². The van der Waals surface area contributed by atoms with Crippen molar-refractivity contribution in [2.24, 2.45) is 0 Å². The summed E-state index contributed by atoms with van der Waals surface area (Å²) < 4.78 is 32.9. The van der Waals surface area contributed by atoms with Crippen LogP contribution >= 0.6 is 11.3 Å². The zero-order chi connectivity index (χ0) is 20.8. The van der Waals surface area contributed by atoms with Crippen molar-refractivity contribution in [2.45, 2.75) is 24.8 Å². The zero-order valence-electron chi connectivity index (χ0n) is 16.0. The summed E-state index contributed by atoms with van der Waals surface area (Å²) in [5.74, 6) is 0.0589. The minimum atomic E-state index is -3.75. The third-order valence-electron chi connectivity index (χ3n) is 5.00. The summed E-state index contributed by atoms with van der Waals surface area (Å²) >= 11 is 1.44. The minimum absolute atomic E-state index is 0.0668. The van der Waals surface area contributed by atoms with Crippen molar-refractivity contribution in [3.05, 3.63) is 40.1 Å². The van der Waals surface area contributed by atoms with Crippen molar-refractivity contribution in [3.8, 4) is 5.75 Å². The maximum absolute atomic E-state index is 13.0. The molecule has 4 rings (SSSR count). The first-order valence-electron chi connectivity index (χ1n) is 9.23. The number of rotatable bonds is 3. The summed E-state index contributed by atoms with van der Waals surface area (Å²) in [7, 11) is -3.75. The Morgan fingerprint density at radius 2 is 1.90 bits per heavy atom. The van der Waals surface area contributed by atoms with Crippen molar-refractivity contribution < 1.29 is 22.7 Å². The van der Waals surface area contributed by atoms with Crippen LogP contribution in [0.15, 0.2) is 35.2 Å². The fourth-order valence-electron chi connectivity index (χ4n) is 3.33. The zero-order valence-corrected chi connectivity index (χ0v) is 17.7. The number of fused-ring (bicyclic) bond motifs is 1. The van der Waals surface area contributed by atoms with Crippen molar-refractivity contribution in [1.82, 2.24) is 9.21 Å². The third-order valence-corrected chi connectivity index (χ3v) is 7.88. The van der Waals surface area contributed by atoms with Crippen molar-refractivity contribution in [1.29, 1.82) is 0 Å². The fraction of sp³-hybridized carbons (Fsp3) is 0.368. The van der Waals surface area contributed by atoms with E-state index >= 15 is 0 Å². The smallest absolute Gasteiger partial charge is 0.265 e. The highest BCUT2D eigenvalue weighted by atomic mass is 32.2. The Hall–Kier alpha value is -2.43. The fourth-order valence-corrected chi connectivity index (χ4v) is 5.62. The number of anilines is 1. The predicted octanol–water partition coefficient (Wildman–Crippen LogP) is 1.92. The summed E-state index contributed by atoms with van der Waals surface area (Å²) in [4.78, 5) is 27.9. The van der Waals surface area contributed by atoms with E-state index < -0.39 is 16.1 Å². The van der Waals surface area contributed by atoms with Gasteiger partial charge < -0.3 is 15.0 Å². The standard InChI is InChI=1S/C19H21N3O5S2/c1-12-3-6-17(28-12)19(24)21-7-9-22(10-8-21)29(25,26)14-4-5-16-15(11-14)20-18(23)13(2)27-16/h3-6,11,13H,7-10H2,1-2H3,(H,20,23)/t13-/m1/s1. The number of hydrogen-bond donors (Lipinski definition) is 1. The van der Waals surface area contributed by atoms with Crippen LogP contribution in [0.3, 0.4) is 0 Å². The van der Waals surface area contributed by atoms with Gasteiger partial charge in [-0.3, -0.25) is 9.59 Å². The molecule has 2 amide bonds. The number of carbonyl (C=O) groups excluding carboxylic acids is 2. The molecule has 10 heteroatoms. The molecule has 1 aromatic heterocycles. The second-order valence-corrected chi connectivity index (χ2v) is 10.2. The number of amides is 2. The van der Waals surface area contributed by atoms with Gasteiger partial charge in [0.05, 0.1) is 15.5 Å². The predicted molar refractivity (Wildman–Crippen MR) is 109 cm³/mol.